The second-order valence-corrected chi connectivity index (χ2v) is 6.28. The van der Waals surface area contributed by atoms with Crippen LogP contribution in [0.1, 0.15) is 25.3 Å². The van der Waals surface area contributed by atoms with E-state index in [4.69, 9.17) is 4.74 Å². The van der Waals surface area contributed by atoms with E-state index in [0.717, 1.165) is 42.6 Å². The molecule has 1 aliphatic heterocycles. The Morgan fingerprint density at radius 3 is 2.67 bits per heavy atom. The Kier molecular flexibility index (Phi) is 7.47. The summed E-state index contributed by atoms with van der Waals surface area (Å²) in [6.45, 7) is 2.17. The minimum atomic E-state index is -0.841. The zero-order chi connectivity index (χ0) is 19.8. The topological polar surface area (TPSA) is 89.4 Å². The predicted octanol–water partition coefficient (Wildman–Crippen LogP) is 2.75. The lowest BCUT2D eigenvalue weighted by Crippen LogP contribution is -2.19. The molecule has 0 saturated carbocycles. The number of hydrogen-bond acceptors (Lipinski definition) is 7. The van der Waals surface area contributed by atoms with Crippen molar-refractivity contribution in [1.82, 2.24) is 5.32 Å². The van der Waals surface area contributed by atoms with Gasteiger partial charge in [-0.25, -0.2) is 13.6 Å². The molecule has 1 amide bonds. The van der Waals surface area contributed by atoms with Gasteiger partial charge in [0.2, 0.25) is 0 Å². The minimum absolute atomic E-state index is 0.0986. The molecular formula is C17H17F2N3O4S. The van der Waals surface area contributed by atoms with Crippen LogP contribution in [0.3, 0.4) is 0 Å². The van der Waals surface area contributed by atoms with Gasteiger partial charge in [-0.05, 0) is 30.3 Å². The number of thioether (sulfide) groups is 1. The first-order valence-corrected chi connectivity index (χ1v) is 8.78. The number of amides is 1. The van der Waals surface area contributed by atoms with E-state index in [-0.39, 0.29) is 22.2 Å². The maximum Gasteiger partial charge on any atom is 0.331 e. The number of unbranched alkanes of at least 4 members (excludes halogenated alkanes) is 1. The molecule has 1 aliphatic rings. The van der Waals surface area contributed by atoms with Gasteiger partial charge in [-0.3, -0.25) is 10.1 Å². The Hall–Kier alpha value is -2.75. The molecular weight excluding hydrogens is 380 g/mol. The molecule has 1 saturated heterocycles. The van der Waals surface area contributed by atoms with Crippen molar-refractivity contribution >= 4 is 35.0 Å². The van der Waals surface area contributed by atoms with Crippen LogP contribution >= 0.6 is 11.8 Å². The van der Waals surface area contributed by atoms with Crippen LogP contribution in [0.2, 0.25) is 0 Å². The molecule has 7 nitrogen and oxygen atoms in total. The smallest absolute Gasteiger partial charge is 0.331 e. The minimum Gasteiger partial charge on any atom is -0.488 e. The molecule has 144 valence electrons. The van der Waals surface area contributed by atoms with Crippen molar-refractivity contribution in [2.24, 2.45) is 10.2 Å². The van der Waals surface area contributed by atoms with Crippen molar-refractivity contribution < 1.29 is 27.8 Å². The number of nitrogens with one attached hydrogen (secondary N) is 1. The number of hydrogen-bond donors (Lipinski definition) is 1. The molecule has 0 radical (unpaired) electrons. The number of ether oxygens (including phenoxy) is 2. The molecule has 1 fully saturated rings. The summed E-state index contributed by atoms with van der Waals surface area (Å²) in [7, 11) is 1.19. The predicted molar refractivity (Wildman–Crippen MR) is 97.6 cm³/mol. The maximum absolute atomic E-state index is 13.9. The summed E-state index contributed by atoms with van der Waals surface area (Å²) < 4.78 is 37.4. The third kappa shape index (κ3) is 5.88. The van der Waals surface area contributed by atoms with Gasteiger partial charge in [0.05, 0.1) is 24.8 Å². The highest BCUT2D eigenvalue weighted by Crippen LogP contribution is 2.24. The van der Waals surface area contributed by atoms with E-state index in [1.165, 1.54) is 7.11 Å². The van der Waals surface area contributed by atoms with E-state index in [1.807, 2.05) is 6.92 Å². The number of esters is 1. The van der Waals surface area contributed by atoms with Gasteiger partial charge >= 0.3 is 5.97 Å². The van der Waals surface area contributed by atoms with Crippen LogP contribution in [0.5, 0.6) is 5.75 Å². The highest BCUT2D eigenvalue weighted by molar-refractivity contribution is 8.18. The fourth-order valence-electron chi connectivity index (χ4n) is 1.90. The number of rotatable bonds is 7. The highest BCUT2D eigenvalue weighted by atomic mass is 32.2. The third-order valence-electron chi connectivity index (χ3n) is 3.22. The normalized spacial score (nSPS) is 17.0. The first kappa shape index (κ1) is 20.6. The largest absolute Gasteiger partial charge is 0.488 e. The first-order valence-electron chi connectivity index (χ1n) is 7.96. The number of halogens is 2. The standard InChI is InChI=1S/C17H17F2N3O4S/c1-3-4-5-26-15-11(18)6-10(7-12(15)19)9-20-22-17-21-16(24)13(27-17)8-14(23)25-2/h6-9H,3-5H2,1-2H3,(H,21,22,24)/b13-8+,20-9?. The van der Waals surface area contributed by atoms with Crippen LogP contribution in [-0.4, -0.2) is 37.0 Å². The Morgan fingerprint density at radius 2 is 2.04 bits per heavy atom. The lowest BCUT2D eigenvalue weighted by molar-refractivity contribution is -0.135. The Bertz CT molecular complexity index is 801. The molecule has 0 bridgehead atoms. The van der Waals surface area contributed by atoms with Gasteiger partial charge in [0.15, 0.2) is 22.6 Å². The zero-order valence-electron chi connectivity index (χ0n) is 14.6. The lowest BCUT2D eigenvalue weighted by atomic mass is 10.2. The summed E-state index contributed by atoms with van der Waals surface area (Å²) in [4.78, 5) is 22.9. The van der Waals surface area contributed by atoms with Crippen molar-refractivity contribution in [3.05, 3.63) is 40.3 Å². The third-order valence-corrected chi connectivity index (χ3v) is 4.12. The van der Waals surface area contributed by atoms with Crippen LogP contribution < -0.4 is 10.1 Å². The molecule has 1 aromatic carbocycles. The fraction of sp³-hybridized carbons (Fsp3) is 0.294. The van der Waals surface area contributed by atoms with E-state index in [0.29, 0.717) is 6.42 Å². The van der Waals surface area contributed by atoms with Crippen molar-refractivity contribution in [1.29, 1.82) is 0 Å². The number of amidine groups is 1. The summed E-state index contributed by atoms with van der Waals surface area (Å²) in [5.74, 6) is -3.31. The first-order chi connectivity index (χ1) is 12.9. The Labute approximate surface area is 158 Å². The van der Waals surface area contributed by atoms with Crippen LogP contribution in [0, 0.1) is 11.6 Å². The van der Waals surface area contributed by atoms with Crippen molar-refractivity contribution in [2.45, 2.75) is 19.8 Å². The van der Waals surface area contributed by atoms with Crippen molar-refractivity contribution in [2.75, 3.05) is 13.7 Å². The van der Waals surface area contributed by atoms with E-state index >= 15 is 0 Å². The van der Waals surface area contributed by atoms with Gasteiger partial charge in [0.25, 0.3) is 5.91 Å². The molecule has 1 aromatic rings. The Balaban J connectivity index is 2.06. The van der Waals surface area contributed by atoms with Crippen LogP contribution in [0.25, 0.3) is 0 Å². The summed E-state index contributed by atoms with van der Waals surface area (Å²) in [6.07, 6.45) is 3.69. The van der Waals surface area contributed by atoms with Gasteiger partial charge in [-0.1, -0.05) is 13.3 Å². The second kappa shape index (κ2) is 9.81. The molecule has 27 heavy (non-hydrogen) atoms. The van der Waals surface area contributed by atoms with Crippen molar-refractivity contribution in [3.63, 3.8) is 0 Å². The van der Waals surface area contributed by atoms with Crippen LogP contribution in [0.4, 0.5) is 8.78 Å². The van der Waals surface area contributed by atoms with Gasteiger partial charge in [-0.2, -0.15) is 5.10 Å². The van der Waals surface area contributed by atoms with Gasteiger partial charge in [0.1, 0.15) is 0 Å². The molecule has 2 rings (SSSR count). The summed E-state index contributed by atoms with van der Waals surface area (Å²) >= 11 is 0.885. The molecule has 0 aromatic heterocycles. The molecule has 0 aliphatic carbocycles. The quantitative estimate of drug-likeness (QED) is 0.251. The van der Waals surface area contributed by atoms with Crippen molar-refractivity contribution in [3.8, 4) is 5.75 Å². The number of carbonyl (C=O) groups is 2. The Morgan fingerprint density at radius 1 is 1.33 bits per heavy atom. The maximum atomic E-state index is 13.9. The number of nitrogens with zero attached hydrogens (tertiary/aromatic N) is 2. The molecule has 0 atom stereocenters. The van der Waals surface area contributed by atoms with Gasteiger partial charge < -0.3 is 9.47 Å². The summed E-state index contributed by atoms with van der Waals surface area (Å²) in [5.41, 5.74) is 0.136. The molecule has 1 N–H and O–H groups in total. The van der Waals surface area contributed by atoms with Crippen LogP contribution in [-0.2, 0) is 14.3 Å². The molecule has 10 heteroatoms. The SMILES string of the molecule is CCCCOc1c(F)cc(C=N/N=C2/NC(=O)/C(=C\C(=O)OC)S2)cc1F. The number of carbonyl (C=O) groups excluding carboxylic acids is 2. The zero-order valence-corrected chi connectivity index (χ0v) is 15.4. The van der Waals surface area contributed by atoms with Gasteiger partial charge in [0, 0.05) is 11.6 Å². The average molecular weight is 397 g/mol. The highest BCUT2D eigenvalue weighted by Gasteiger charge is 2.25. The lowest BCUT2D eigenvalue weighted by Gasteiger charge is -2.08. The van der Waals surface area contributed by atoms with Gasteiger partial charge in [-0.15, -0.1) is 5.10 Å². The number of methoxy groups -OCH3 is 1. The molecule has 0 unspecified atom stereocenters. The van der Waals surface area contributed by atoms with E-state index in [1.54, 1.807) is 0 Å². The van der Waals surface area contributed by atoms with Crippen LogP contribution in [0.15, 0.2) is 33.3 Å². The summed E-state index contributed by atoms with van der Waals surface area (Å²) in [5, 5.41) is 9.95. The molecule has 1 heterocycles. The van der Waals surface area contributed by atoms with E-state index in [9.17, 15) is 18.4 Å². The van der Waals surface area contributed by atoms with E-state index in [2.05, 4.69) is 20.3 Å². The van der Waals surface area contributed by atoms with E-state index < -0.39 is 29.3 Å². The monoisotopic (exact) mass is 397 g/mol. The fourth-order valence-corrected chi connectivity index (χ4v) is 2.64. The number of benzene rings is 1. The average Bonchev–Trinajstić information content (AvgIpc) is 2.96. The second-order valence-electron chi connectivity index (χ2n) is 5.25. The molecule has 0 spiro atoms. The summed E-state index contributed by atoms with van der Waals surface area (Å²) in [6, 6.07) is 2.13.